The first-order valence-corrected chi connectivity index (χ1v) is 6.55. The molecule has 0 aliphatic rings. The molecule has 0 aromatic heterocycles. The first kappa shape index (κ1) is 16.0. The lowest BCUT2D eigenvalue weighted by Crippen LogP contribution is -2.02. The highest BCUT2D eigenvalue weighted by molar-refractivity contribution is 5.81. The number of rotatable bonds is 9. The van der Waals surface area contributed by atoms with E-state index < -0.39 is 0 Å². The predicted octanol–water partition coefficient (Wildman–Crippen LogP) is 4.27. The standard InChI is InChI=1S/C15H26O2/c1-5-6-12-17-15(16)11-10-14(4)9-7-8-13(2)3/h10-11,14H,2,5-9,12H2,1,3-4H3. The molecule has 0 saturated heterocycles. The van der Waals surface area contributed by atoms with Crippen LogP contribution in [0.2, 0.25) is 0 Å². The van der Waals surface area contributed by atoms with E-state index in [-0.39, 0.29) is 5.97 Å². The summed E-state index contributed by atoms with van der Waals surface area (Å²) in [4.78, 5) is 11.3. The number of allylic oxidation sites excluding steroid dienone is 2. The van der Waals surface area contributed by atoms with Crippen LogP contribution in [0.15, 0.2) is 24.3 Å². The van der Waals surface area contributed by atoms with Crippen LogP contribution in [0.25, 0.3) is 0 Å². The second-order valence-electron chi connectivity index (χ2n) is 4.71. The van der Waals surface area contributed by atoms with Crippen molar-refractivity contribution in [2.45, 2.75) is 52.9 Å². The summed E-state index contributed by atoms with van der Waals surface area (Å²) in [5.74, 6) is 0.207. The summed E-state index contributed by atoms with van der Waals surface area (Å²) in [5.41, 5.74) is 1.22. The van der Waals surface area contributed by atoms with Crippen LogP contribution in [0.4, 0.5) is 0 Å². The van der Waals surface area contributed by atoms with Crippen molar-refractivity contribution in [3.63, 3.8) is 0 Å². The highest BCUT2D eigenvalue weighted by atomic mass is 16.5. The van der Waals surface area contributed by atoms with E-state index in [0.717, 1.165) is 32.1 Å². The van der Waals surface area contributed by atoms with Gasteiger partial charge < -0.3 is 4.74 Å². The summed E-state index contributed by atoms with van der Waals surface area (Å²) in [6, 6.07) is 0. The Bertz CT molecular complexity index is 254. The minimum atomic E-state index is -0.217. The largest absolute Gasteiger partial charge is 0.463 e. The van der Waals surface area contributed by atoms with Crippen LogP contribution in [0, 0.1) is 5.92 Å². The molecule has 0 bridgehead atoms. The van der Waals surface area contributed by atoms with Crippen molar-refractivity contribution < 1.29 is 9.53 Å². The van der Waals surface area contributed by atoms with Gasteiger partial charge in [0.05, 0.1) is 6.61 Å². The monoisotopic (exact) mass is 238 g/mol. The molecule has 0 radical (unpaired) electrons. The smallest absolute Gasteiger partial charge is 0.330 e. The van der Waals surface area contributed by atoms with E-state index in [1.54, 1.807) is 6.08 Å². The van der Waals surface area contributed by atoms with Gasteiger partial charge in [0.2, 0.25) is 0 Å². The zero-order valence-electron chi connectivity index (χ0n) is 11.5. The van der Waals surface area contributed by atoms with E-state index in [1.165, 1.54) is 5.57 Å². The number of carbonyl (C=O) groups is 1. The third kappa shape index (κ3) is 11.2. The lowest BCUT2D eigenvalue weighted by molar-refractivity contribution is -0.137. The molecular weight excluding hydrogens is 212 g/mol. The molecule has 0 amide bonds. The number of unbranched alkanes of at least 4 members (excludes halogenated alkanes) is 1. The zero-order valence-corrected chi connectivity index (χ0v) is 11.5. The van der Waals surface area contributed by atoms with Crippen LogP contribution in [0.1, 0.15) is 52.9 Å². The van der Waals surface area contributed by atoms with Gasteiger partial charge in [-0.05, 0) is 38.5 Å². The lowest BCUT2D eigenvalue weighted by Gasteiger charge is -2.05. The maximum Gasteiger partial charge on any atom is 0.330 e. The Labute approximate surface area is 106 Å². The van der Waals surface area contributed by atoms with Crippen molar-refractivity contribution in [2.75, 3.05) is 6.61 Å². The molecule has 0 spiro atoms. The van der Waals surface area contributed by atoms with Gasteiger partial charge >= 0.3 is 5.97 Å². The Hall–Kier alpha value is -1.05. The number of esters is 1. The maximum absolute atomic E-state index is 11.3. The summed E-state index contributed by atoms with van der Waals surface area (Å²) in [5, 5.41) is 0. The number of hydrogen-bond donors (Lipinski definition) is 0. The van der Waals surface area contributed by atoms with Crippen LogP contribution < -0.4 is 0 Å². The highest BCUT2D eigenvalue weighted by Gasteiger charge is 2.00. The van der Waals surface area contributed by atoms with Gasteiger partial charge in [0.1, 0.15) is 0 Å². The number of ether oxygens (including phenoxy) is 1. The van der Waals surface area contributed by atoms with E-state index in [1.807, 2.05) is 13.0 Å². The van der Waals surface area contributed by atoms with Crippen LogP contribution >= 0.6 is 0 Å². The Balaban J connectivity index is 3.66. The summed E-state index contributed by atoms with van der Waals surface area (Å²) in [6.07, 6.45) is 8.77. The van der Waals surface area contributed by atoms with Gasteiger partial charge in [-0.15, -0.1) is 6.58 Å². The average Bonchev–Trinajstić information content (AvgIpc) is 2.26. The normalized spacial score (nSPS) is 12.6. The molecule has 0 aliphatic carbocycles. The first-order valence-electron chi connectivity index (χ1n) is 6.55. The number of carbonyl (C=O) groups excluding carboxylic acids is 1. The molecule has 0 aromatic rings. The minimum absolute atomic E-state index is 0.217. The molecule has 0 aromatic carbocycles. The van der Waals surface area contributed by atoms with Gasteiger partial charge in [0.15, 0.2) is 0 Å². The van der Waals surface area contributed by atoms with Crippen molar-refractivity contribution >= 4 is 5.97 Å². The Morgan fingerprint density at radius 2 is 2.12 bits per heavy atom. The zero-order chi connectivity index (χ0) is 13.1. The first-order chi connectivity index (χ1) is 8.06. The van der Waals surface area contributed by atoms with Gasteiger partial charge in [0, 0.05) is 6.08 Å². The second-order valence-corrected chi connectivity index (χ2v) is 4.71. The molecule has 0 heterocycles. The fourth-order valence-electron chi connectivity index (χ4n) is 1.43. The van der Waals surface area contributed by atoms with Crippen molar-refractivity contribution in [1.29, 1.82) is 0 Å². The predicted molar refractivity (Wildman–Crippen MR) is 72.8 cm³/mol. The van der Waals surface area contributed by atoms with Crippen LogP contribution in [-0.2, 0) is 9.53 Å². The quantitative estimate of drug-likeness (QED) is 0.259. The SMILES string of the molecule is C=C(C)CCCC(C)C=CC(=O)OCCCC. The van der Waals surface area contributed by atoms with E-state index >= 15 is 0 Å². The Morgan fingerprint density at radius 1 is 1.41 bits per heavy atom. The molecule has 2 heteroatoms. The third-order valence-electron chi connectivity index (χ3n) is 2.57. The molecule has 1 atom stereocenters. The molecule has 1 unspecified atom stereocenters. The second kappa shape index (κ2) is 10.1. The average molecular weight is 238 g/mol. The molecule has 0 rings (SSSR count). The molecule has 98 valence electrons. The summed E-state index contributed by atoms with van der Waals surface area (Å²) in [6.45, 7) is 10.7. The van der Waals surface area contributed by atoms with Crippen molar-refractivity contribution in [3.8, 4) is 0 Å². The maximum atomic E-state index is 11.3. The van der Waals surface area contributed by atoms with Crippen LogP contribution in [-0.4, -0.2) is 12.6 Å². The van der Waals surface area contributed by atoms with Crippen LogP contribution in [0.5, 0.6) is 0 Å². The van der Waals surface area contributed by atoms with Crippen molar-refractivity contribution in [3.05, 3.63) is 24.3 Å². The van der Waals surface area contributed by atoms with Crippen molar-refractivity contribution in [2.24, 2.45) is 5.92 Å². The summed E-state index contributed by atoms with van der Waals surface area (Å²) in [7, 11) is 0. The third-order valence-corrected chi connectivity index (χ3v) is 2.57. The fraction of sp³-hybridized carbons (Fsp3) is 0.667. The van der Waals surface area contributed by atoms with E-state index in [9.17, 15) is 4.79 Å². The lowest BCUT2D eigenvalue weighted by atomic mass is 10.0. The molecule has 2 nitrogen and oxygen atoms in total. The van der Waals surface area contributed by atoms with Gasteiger partial charge in [-0.3, -0.25) is 0 Å². The summed E-state index contributed by atoms with van der Waals surface area (Å²) >= 11 is 0. The molecule has 0 saturated carbocycles. The van der Waals surface area contributed by atoms with E-state index in [0.29, 0.717) is 12.5 Å². The molecule has 0 fully saturated rings. The topological polar surface area (TPSA) is 26.3 Å². The van der Waals surface area contributed by atoms with E-state index in [2.05, 4.69) is 20.4 Å². The summed E-state index contributed by atoms with van der Waals surface area (Å²) < 4.78 is 5.04. The molecule has 17 heavy (non-hydrogen) atoms. The molecule has 0 aliphatic heterocycles. The highest BCUT2D eigenvalue weighted by Crippen LogP contribution is 2.12. The van der Waals surface area contributed by atoms with E-state index in [4.69, 9.17) is 4.74 Å². The van der Waals surface area contributed by atoms with Gasteiger partial charge in [-0.25, -0.2) is 4.79 Å². The minimum Gasteiger partial charge on any atom is -0.463 e. The Morgan fingerprint density at radius 3 is 2.71 bits per heavy atom. The fourth-order valence-corrected chi connectivity index (χ4v) is 1.43. The van der Waals surface area contributed by atoms with Gasteiger partial charge in [-0.1, -0.05) is 31.9 Å². The van der Waals surface area contributed by atoms with Gasteiger partial charge in [0.25, 0.3) is 0 Å². The van der Waals surface area contributed by atoms with Crippen LogP contribution in [0.3, 0.4) is 0 Å². The molecule has 0 N–H and O–H groups in total. The van der Waals surface area contributed by atoms with Crippen molar-refractivity contribution in [1.82, 2.24) is 0 Å². The van der Waals surface area contributed by atoms with Gasteiger partial charge in [-0.2, -0.15) is 0 Å². The number of hydrogen-bond acceptors (Lipinski definition) is 2. The molecular formula is C15H26O2. The Kier molecular flexibility index (Phi) is 9.50.